The number of carbonyl (C=O) groups excluding carboxylic acids is 1. The zero-order chi connectivity index (χ0) is 15.2. The van der Waals surface area contributed by atoms with Gasteiger partial charge in [-0.1, -0.05) is 36.4 Å². The lowest BCUT2D eigenvalue weighted by Gasteiger charge is -2.13. The van der Waals surface area contributed by atoms with Crippen molar-refractivity contribution in [2.24, 2.45) is 0 Å². The van der Waals surface area contributed by atoms with Gasteiger partial charge in [0.05, 0.1) is 6.10 Å². The zero-order valence-corrected chi connectivity index (χ0v) is 13.0. The van der Waals surface area contributed by atoms with Crippen LogP contribution in [0.15, 0.2) is 53.4 Å². The highest BCUT2D eigenvalue weighted by atomic mass is 32.2. The molecule has 4 heteroatoms. The van der Waals surface area contributed by atoms with Crippen molar-refractivity contribution >= 4 is 17.7 Å². The van der Waals surface area contributed by atoms with E-state index in [1.54, 1.807) is 11.8 Å². The van der Waals surface area contributed by atoms with Gasteiger partial charge in [0.1, 0.15) is 0 Å². The summed E-state index contributed by atoms with van der Waals surface area (Å²) in [5.41, 5.74) is 2.38. The first kappa shape index (κ1) is 15.6. The molecule has 1 amide bonds. The van der Waals surface area contributed by atoms with Gasteiger partial charge in [0.15, 0.2) is 0 Å². The number of nitrogens with one attached hydrogen (secondary N) is 1. The molecule has 0 spiro atoms. The molecule has 110 valence electrons. The molecule has 2 aromatic rings. The Morgan fingerprint density at radius 2 is 1.95 bits per heavy atom. The molecule has 0 fully saturated rings. The van der Waals surface area contributed by atoms with E-state index in [1.807, 2.05) is 61.7 Å². The summed E-state index contributed by atoms with van der Waals surface area (Å²) in [4.78, 5) is 13.3. The van der Waals surface area contributed by atoms with E-state index in [2.05, 4.69) is 5.32 Å². The van der Waals surface area contributed by atoms with Gasteiger partial charge in [0.2, 0.25) is 0 Å². The molecule has 0 heterocycles. The SMILES string of the molecule is CSc1ccc(C)c(C(=O)NCC(O)c2ccccc2)c1. The Morgan fingerprint density at radius 3 is 2.62 bits per heavy atom. The maximum atomic E-state index is 12.2. The van der Waals surface area contributed by atoms with Crippen LogP contribution < -0.4 is 5.32 Å². The van der Waals surface area contributed by atoms with Crippen LogP contribution in [0.1, 0.15) is 27.6 Å². The molecule has 0 aliphatic heterocycles. The monoisotopic (exact) mass is 301 g/mol. The molecule has 1 unspecified atom stereocenters. The van der Waals surface area contributed by atoms with Crippen LogP contribution >= 0.6 is 11.8 Å². The minimum atomic E-state index is -0.695. The van der Waals surface area contributed by atoms with E-state index in [-0.39, 0.29) is 12.5 Å². The van der Waals surface area contributed by atoms with Crippen molar-refractivity contribution < 1.29 is 9.90 Å². The number of hydrogen-bond donors (Lipinski definition) is 2. The number of amides is 1. The predicted octanol–water partition coefficient (Wildman–Crippen LogP) is 3.18. The normalized spacial score (nSPS) is 12.0. The fourth-order valence-corrected chi connectivity index (χ4v) is 2.49. The van der Waals surface area contributed by atoms with E-state index in [1.165, 1.54) is 0 Å². The van der Waals surface area contributed by atoms with Gasteiger partial charge in [0, 0.05) is 17.0 Å². The quantitative estimate of drug-likeness (QED) is 0.834. The van der Waals surface area contributed by atoms with E-state index >= 15 is 0 Å². The number of benzene rings is 2. The summed E-state index contributed by atoms with van der Waals surface area (Å²) in [6.07, 6.45) is 1.28. The standard InChI is InChI=1S/C17H19NO2S/c1-12-8-9-14(21-2)10-15(12)17(20)18-11-16(19)13-6-4-3-5-7-13/h3-10,16,19H,11H2,1-2H3,(H,18,20). The van der Waals surface area contributed by atoms with Gasteiger partial charge < -0.3 is 10.4 Å². The number of aryl methyl sites for hydroxylation is 1. The Kier molecular flexibility index (Phi) is 5.42. The molecule has 0 aromatic heterocycles. The van der Waals surface area contributed by atoms with Crippen LogP contribution in [-0.4, -0.2) is 23.8 Å². The molecule has 1 atom stereocenters. The average Bonchev–Trinajstić information content (AvgIpc) is 2.53. The highest BCUT2D eigenvalue weighted by Gasteiger charge is 2.12. The van der Waals surface area contributed by atoms with Crippen LogP contribution in [0, 0.1) is 6.92 Å². The van der Waals surface area contributed by atoms with Crippen molar-refractivity contribution in [2.45, 2.75) is 17.9 Å². The van der Waals surface area contributed by atoms with Crippen LogP contribution in [0.5, 0.6) is 0 Å². The van der Waals surface area contributed by atoms with E-state index < -0.39 is 6.10 Å². The minimum Gasteiger partial charge on any atom is -0.387 e. The Hall–Kier alpha value is -1.78. The molecule has 0 saturated heterocycles. The highest BCUT2D eigenvalue weighted by Crippen LogP contribution is 2.19. The topological polar surface area (TPSA) is 49.3 Å². The van der Waals surface area contributed by atoms with E-state index in [0.29, 0.717) is 5.56 Å². The van der Waals surface area contributed by atoms with Crippen LogP contribution in [0.3, 0.4) is 0 Å². The summed E-state index contributed by atoms with van der Waals surface area (Å²) >= 11 is 1.60. The third-order valence-electron chi connectivity index (χ3n) is 3.33. The largest absolute Gasteiger partial charge is 0.387 e. The molecule has 21 heavy (non-hydrogen) atoms. The highest BCUT2D eigenvalue weighted by molar-refractivity contribution is 7.98. The molecule has 2 rings (SSSR count). The number of aliphatic hydroxyl groups excluding tert-OH is 1. The molecule has 0 aliphatic rings. The third kappa shape index (κ3) is 4.09. The lowest BCUT2D eigenvalue weighted by Crippen LogP contribution is -2.28. The van der Waals surface area contributed by atoms with Crippen molar-refractivity contribution in [2.75, 3.05) is 12.8 Å². The van der Waals surface area contributed by atoms with Crippen molar-refractivity contribution in [1.82, 2.24) is 5.32 Å². The number of carbonyl (C=O) groups is 1. The molecule has 0 aliphatic carbocycles. The second-order valence-electron chi connectivity index (χ2n) is 4.82. The zero-order valence-electron chi connectivity index (χ0n) is 12.2. The first-order valence-corrected chi connectivity index (χ1v) is 8.00. The van der Waals surface area contributed by atoms with Crippen LogP contribution in [-0.2, 0) is 0 Å². The maximum absolute atomic E-state index is 12.2. The average molecular weight is 301 g/mol. The van der Waals surface area contributed by atoms with Gasteiger partial charge in [-0.25, -0.2) is 0 Å². The van der Waals surface area contributed by atoms with Crippen LogP contribution in [0.4, 0.5) is 0 Å². The second-order valence-corrected chi connectivity index (χ2v) is 5.70. The first-order chi connectivity index (χ1) is 10.1. The van der Waals surface area contributed by atoms with Gasteiger partial charge in [-0.2, -0.15) is 0 Å². The van der Waals surface area contributed by atoms with E-state index in [0.717, 1.165) is 16.0 Å². The lowest BCUT2D eigenvalue weighted by atomic mass is 10.1. The maximum Gasteiger partial charge on any atom is 0.251 e. The molecular weight excluding hydrogens is 282 g/mol. The summed E-state index contributed by atoms with van der Waals surface area (Å²) in [6, 6.07) is 15.1. The lowest BCUT2D eigenvalue weighted by molar-refractivity contribution is 0.0915. The molecule has 2 N–H and O–H groups in total. The molecule has 2 aromatic carbocycles. The first-order valence-electron chi connectivity index (χ1n) is 6.77. The Labute approximate surface area is 129 Å². The predicted molar refractivity (Wildman–Crippen MR) is 86.7 cm³/mol. The Morgan fingerprint density at radius 1 is 1.24 bits per heavy atom. The van der Waals surface area contributed by atoms with Gasteiger partial charge in [-0.3, -0.25) is 4.79 Å². The number of thioether (sulfide) groups is 1. The molecule has 0 radical (unpaired) electrons. The molecule has 3 nitrogen and oxygen atoms in total. The van der Waals surface area contributed by atoms with E-state index in [4.69, 9.17) is 0 Å². The summed E-state index contributed by atoms with van der Waals surface area (Å²) < 4.78 is 0. The van der Waals surface area contributed by atoms with Crippen molar-refractivity contribution in [3.05, 3.63) is 65.2 Å². The fourth-order valence-electron chi connectivity index (χ4n) is 2.05. The van der Waals surface area contributed by atoms with E-state index in [9.17, 15) is 9.90 Å². The van der Waals surface area contributed by atoms with Gasteiger partial charge in [0.25, 0.3) is 5.91 Å². The number of aliphatic hydroxyl groups is 1. The van der Waals surface area contributed by atoms with Crippen LogP contribution in [0.2, 0.25) is 0 Å². The minimum absolute atomic E-state index is 0.154. The second kappa shape index (κ2) is 7.29. The Bertz CT molecular complexity index is 613. The van der Waals surface area contributed by atoms with Gasteiger partial charge in [-0.05, 0) is 36.4 Å². The smallest absolute Gasteiger partial charge is 0.251 e. The summed E-state index contributed by atoms with van der Waals surface area (Å²) in [7, 11) is 0. The number of rotatable bonds is 5. The summed E-state index contributed by atoms with van der Waals surface area (Å²) in [5, 5.41) is 12.9. The summed E-state index contributed by atoms with van der Waals surface area (Å²) in [5.74, 6) is -0.154. The Balaban J connectivity index is 2.02. The van der Waals surface area contributed by atoms with Crippen molar-refractivity contribution in [1.29, 1.82) is 0 Å². The number of hydrogen-bond acceptors (Lipinski definition) is 3. The van der Waals surface area contributed by atoms with Gasteiger partial charge >= 0.3 is 0 Å². The molecular formula is C17H19NO2S. The summed E-state index contributed by atoms with van der Waals surface area (Å²) in [6.45, 7) is 2.11. The molecule has 0 bridgehead atoms. The fraction of sp³-hybridized carbons (Fsp3) is 0.235. The third-order valence-corrected chi connectivity index (χ3v) is 4.06. The molecule has 0 saturated carbocycles. The van der Waals surface area contributed by atoms with Crippen molar-refractivity contribution in [3.63, 3.8) is 0 Å². The van der Waals surface area contributed by atoms with Crippen molar-refractivity contribution in [3.8, 4) is 0 Å². The van der Waals surface area contributed by atoms with Crippen LogP contribution in [0.25, 0.3) is 0 Å². The van der Waals surface area contributed by atoms with Gasteiger partial charge in [-0.15, -0.1) is 11.8 Å².